The Labute approximate surface area is 99.4 Å². The first-order chi connectivity index (χ1) is 7.76. The first-order valence-corrected chi connectivity index (χ1v) is 5.07. The monoisotopic (exact) mass is 242 g/mol. The van der Waals surface area contributed by atoms with Crippen LogP contribution < -0.4 is 15.4 Å². The van der Waals surface area contributed by atoms with E-state index in [9.17, 15) is 0 Å². The largest absolute Gasteiger partial charge is 0.481 e. The zero-order chi connectivity index (χ0) is 11.8. The fraction of sp³-hybridized carbons (Fsp3) is 0.444. The molecule has 0 amide bonds. The van der Waals surface area contributed by atoms with Gasteiger partial charge >= 0.3 is 0 Å². The highest BCUT2D eigenvalue weighted by Gasteiger charge is 2.00. The van der Waals surface area contributed by atoms with Crippen molar-refractivity contribution in [1.82, 2.24) is 15.3 Å². The third-order valence-electron chi connectivity index (χ3n) is 1.68. The Morgan fingerprint density at radius 2 is 2.25 bits per heavy atom. The van der Waals surface area contributed by atoms with Gasteiger partial charge in [-0.1, -0.05) is 0 Å². The molecule has 1 aromatic rings. The van der Waals surface area contributed by atoms with Crippen LogP contribution in [-0.4, -0.2) is 42.5 Å². The molecule has 0 bridgehead atoms. The third-order valence-corrected chi connectivity index (χ3v) is 1.93. The number of rotatable bonds is 5. The van der Waals surface area contributed by atoms with Crippen molar-refractivity contribution < 1.29 is 9.47 Å². The van der Waals surface area contributed by atoms with Gasteiger partial charge in [-0.05, 0) is 12.2 Å². The van der Waals surface area contributed by atoms with Crippen LogP contribution in [0.4, 0.5) is 5.82 Å². The number of aromatic nitrogens is 2. The summed E-state index contributed by atoms with van der Waals surface area (Å²) in [6.45, 7) is 1.24. The van der Waals surface area contributed by atoms with Crippen LogP contribution in [0.25, 0.3) is 0 Å². The van der Waals surface area contributed by atoms with E-state index < -0.39 is 0 Å². The number of methoxy groups -OCH3 is 2. The van der Waals surface area contributed by atoms with Crippen LogP contribution in [0.15, 0.2) is 12.4 Å². The van der Waals surface area contributed by atoms with Crippen LogP contribution in [0.5, 0.6) is 5.88 Å². The molecule has 2 N–H and O–H groups in total. The second-order valence-corrected chi connectivity index (χ2v) is 3.23. The van der Waals surface area contributed by atoms with Crippen molar-refractivity contribution in [2.24, 2.45) is 0 Å². The molecule has 0 aromatic carbocycles. The predicted molar refractivity (Wildman–Crippen MR) is 64.7 cm³/mol. The Hall–Kier alpha value is -1.47. The van der Waals surface area contributed by atoms with E-state index in [-0.39, 0.29) is 0 Å². The number of nitrogens with zero attached hydrogens (tertiary/aromatic N) is 2. The fourth-order valence-corrected chi connectivity index (χ4v) is 1.15. The molecule has 7 heteroatoms. The molecular weight excluding hydrogens is 228 g/mol. The van der Waals surface area contributed by atoms with Crippen molar-refractivity contribution in [3.63, 3.8) is 0 Å². The Bertz CT molecular complexity index is 348. The lowest BCUT2D eigenvalue weighted by Crippen LogP contribution is -2.31. The second-order valence-electron chi connectivity index (χ2n) is 2.82. The van der Waals surface area contributed by atoms with E-state index >= 15 is 0 Å². The van der Waals surface area contributed by atoms with E-state index in [1.807, 2.05) is 0 Å². The molecule has 0 saturated heterocycles. The molecule has 6 nitrogen and oxygen atoms in total. The molecule has 0 atom stereocenters. The Kier molecular flexibility index (Phi) is 5.44. The molecule has 0 aliphatic heterocycles. The van der Waals surface area contributed by atoms with Crippen molar-refractivity contribution in [3.8, 4) is 5.88 Å². The molecule has 1 aromatic heterocycles. The molecule has 0 unspecified atom stereocenters. The summed E-state index contributed by atoms with van der Waals surface area (Å²) in [5.74, 6) is 1.07. The maximum Gasteiger partial charge on any atom is 0.218 e. The van der Waals surface area contributed by atoms with Gasteiger partial charge < -0.3 is 20.1 Å². The van der Waals surface area contributed by atoms with Crippen LogP contribution in [0.3, 0.4) is 0 Å². The lowest BCUT2D eigenvalue weighted by atomic mass is 10.5. The van der Waals surface area contributed by atoms with Gasteiger partial charge in [0, 0.05) is 19.7 Å². The molecule has 0 saturated carbocycles. The quantitative estimate of drug-likeness (QED) is 0.573. The summed E-state index contributed by atoms with van der Waals surface area (Å²) in [7, 11) is 3.18. The van der Waals surface area contributed by atoms with Crippen LogP contribution in [0.1, 0.15) is 0 Å². The topological polar surface area (TPSA) is 68.3 Å². The van der Waals surface area contributed by atoms with Crippen molar-refractivity contribution >= 4 is 23.1 Å². The van der Waals surface area contributed by atoms with Gasteiger partial charge in [0.05, 0.1) is 13.7 Å². The van der Waals surface area contributed by atoms with Crippen LogP contribution in [-0.2, 0) is 4.74 Å². The summed E-state index contributed by atoms with van der Waals surface area (Å²) >= 11 is 5.05. The standard InChI is InChI=1S/C9H14N4O2S/c1-14-4-3-10-9(16)13-7-5-8(15-2)12-6-11-7/h5-6H,3-4H2,1-2H3,(H2,10,11,12,13,16). The minimum Gasteiger partial charge on any atom is -0.481 e. The van der Waals surface area contributed by atoms with E-state index in [0.29, 0.717) is 30.0 Å². The summed E-state index contributed by atoms with van der Waals surface area (Å²) in [5, 5.41) is 6.36. The van der Waals surface area contributed by atoms with Gasteiger partial charge in [-0.2, -0.15) is 0 Å². The number of nitrogens with one attached hydrogen (secondary N) is 2. The summed E-state index contributed by atoms with van der Waals surface area (Å²) in [6.07, 6.45) is 1.40. The molecular formula is C9H14N4O2S. The van der Waals surface area contributed by atoms with Gasteiger partial charge in [0.1, 0.15) is 12.1 Å². The van der Waals surface area contributed by atoms with Gasteiger partial charge in [0.25, 0.3) is 0 Å². The van der Waals surface area contributed by atoms with Gasteiger partial charge in [0.2, 0.25) is 5.88 Å². The first-order valence-electron chi connectivity index (χ1n) is 4.66. The van der Waals surface area contributed by atoms with Gasteiger partial charge in [0.15, 0.2) is 5.11 Å². The number of hydrogen-bond acceptors (Lipinski definition) is 5. The van der Waals surface area contributed by atoms with Gasteiger partial charge in [-0.25, -0.2) is 9.97 Å². The number of thiocarbonyl (C=S) groups is 1. The molecule has 0 spiro atoms. The Balaban J connectivity index is 2.43. The van der Waals surface area contributed by atoms with Gasteiger partial charge in [-0.3, -0.25) is 0 Å². The zero-order valence-corrected chi connectivity index (χ0v) is 10.0. The smallest absolute Gasteiger partial charge is 0.218 e. The van der Waals surface area contributed by atoms with E-state index in [4.69, 9.17) is 21.7 Å². The highest BCUT2D eigenvalue weighted by molar-refractivity contribution is 7.80. The highest BCUT2D eigenvalue weighted by Crippen LogP contribution is 2.09. The summed E-state index contributed by atoms with van der Waals surface area (Å²) in [4.78, 5) is 7.88. The number of anilines is 1. The SMILES string of the molecule is COCCNC(=S)Nc1cc(OC)ncn1. The molecule has 1 heterocycles. The minimum absolute atomic E-state index is 0.484. The average molecular weight is 242 g/mol. The van der Waals surface area contributed by atoms with Crippen molar-refractivity contribution in [2.75, 3.05) is 32.7 Å². The Morgan fingerprint density at radius 3 is 2.94 bits per heavy atom. The average Bonchev–Trinajstić information content (AvgIpc) is 2.29. The maximum atomic E-state index is 5.05. The van der Waals surface area contributed by atoms with E-state index in [2.05, 4.69) is 20.6 Å². The van der Waals surface area contributed by atoms with E-state index in [0.717, 1.165) is 0 Å². The Morgan fingerprint density at radius 1 is 1.44 bits per heavy atom. The van der Waals surface area contributed by atoms with Crippen molar-refractivity contribution in [3.05, 3.63) is 12.4 Å². The molecule has 1 rings (SSSR count). The summed E-state index contributed by atoms with van der Waals surface area (Å²) in [5.41, 5.74) is 0. The van der Waals surface area contributed by atoms with E-state index in [1.165, 1.54) is 6.33 Å². The summed E-state index contributed by atoms with van der Waals surface area (Å²) < 4.78 is 9.84. The fourth-order valence-electron chi connectivity index (χ4n) is 0.947. The number of hydrogen-bond donors (Lipinski definition) is 2. The number of ether oxygens (including phenoxy) is 2. The molecule has 0 fully saturated rings. The molecule has 0 aliphatic rings. The first kappa shape index (κ1) is 12.6. The molecule has 0 aliphatic carbocycles. The van der Waals surface area contributed by atoms with E-state index in [1.54, 1.807) is 20.3 Å². The third kappa shape index (κ3) is 4.37. The maximum absolute atomic E-state index is 5.05. The van der Waals surface area contributed by atoms with Gasteiger partial charge in [-0.15, -0.1) is 0 Å². The lowest BCUT2D eigenvalue weighted by Gasteiger charge is -2.09. The van der Waals surface area contributed by atoms with Crippen molar-refractivity contribution in [2.45, 2.75) is 0 Å². The molecule has 16 heavy (non-hydrogen) atoms. The minimum atomic E-state index is 0.484. The normalized spacial score (nSPS) is 9.62. The highest BCUT2D eigenvalue weighted by atomic mass is 32.1. The molecule has 88 valence electrons. The van der Waals surface area contributed by atoms with Crippen LogP contribution in [0, 0.1) is 0 Å². The second kappa shape index (κ2) is 6.91. The van der Waals surface area contributed by atoms with Crippen LogP contribution >= 0.6 is 12.2 Å². The zero-order valence-electron chi connectivity index (χ0n) is 9.19. The molecule has 0 radical (unpaired) electrons. The predicted octanol–water partition coefficient (Wildman–Crippen LogP) is 0.418. The summed E-state index contributed by atoms with van der Waals surface area (Å²) in [6, 6.07) is 1.66. The lowest BCUT2D eigenvalue weighted by molar-refractivity contribution is 0.204. The van der Waals surface area contributed by atoms with Crippen molar-refractivity contribution in [1.29, 1.82) is 0 Å². The van der Waals surface area contributed by atoms with Crippen LogP contribution in [0.2, 0.25) is 0 Å².